The Morgan fingerprint density at radius 3 is 2.43 bits per heavy atom. The molecule has 0 unspecified atom stereocenters. The molecule has 3 N–H and O–H groups in total. The number of hydrogen-bond acceptors (Lipinski definition) is 8. The second kappa shape index (κ2) is 13.5. The molecule has 9 nitrogen and oxygen atoms in total. The molecule has 10 heteroatoms. The summed E-state index contributed by atoms with van der Waals surface area (Å²) in [4.78, 5) is 27.8. The van der Waals surface area contributed by atoms with Gasteiger partial charge >= 0.3 is 12.1 Å². The summed E-state index contributed by atoms with van der Waals surface area (Å²) in [6, 6.07) is 12.2. The van der Waals surface area contributed by atoms with Gasteiger partial charge in [0.15, 0.2) is 9.84 Å². The van der Waals surface area contributed by atoms with Crippen molar-refractivity contribution in [3.63, 3.8) is 0 Å². The molecule has 3 atom stereocenters. The summed E-state index contributed by atoms with van der Waals surface area (Å²) in [5.74, 6) is -0.435. The average Bonchev–Trinajstić information content (AvgIpc) is 2.98. The van der Waals surface area contributed by atoms with E-state index in [1.54, 1.807) is 26.2 Å². The van der Waals surface area contributed by atoms with Gasteiger partial charge in [-0.3, -0.25) is 10.1 Å². The SMILES string of the molecule is CCCC[C@]1(CC)CS(=O)(=O)c2cc(CN[C@@H](C)C(=O)O)c(OC)cc2[C@@H](c2ccccc2)N1.O=C=O. The number of ether oxygens (including phenoxy) is 1. The lowest BCUT2D eigenvalue weighted by molar-refractivity contribution is -0.191. The van der Waals surface area contributed by atoms with Gasteiger partial charge in [-0.2, -0.15) is 9.59 Å². The predicted molar refractivity (Wildman–Crippen MR) is 138 cm³/mol. The summed E-state index contributed by atoms with van der Waals surface area (Å²) in [6.45, 7) is 5.88. The van der Waals surface area contributed by atoms with Crippen LogP contribution in [0.4, 0.5) is 0 Å². The maximum Gasteiger partial charge on any atom is 0.373 e. The highest BCUT2D eigenvalue weighted by Crippen LogP contribution is 2.40. The highest BCUT2D eigenvalue weighted by atomic mass is 32.2. The number of aliphatic carboxylic acids is 1. The molecule has 0 saturated heterocycles. The van der Waals surface area contributed by atoms with Crippen molar-refractivity contribution in [1.82, 2.24) is 10.6 Å². The van der Waals surface area contributed by atoms with Crippen LogP contribution < -0.4 is 15.4 Å². The van der Waals surface area contributed by atoms with E-state index in [0.29, 0.717) is 23.3 Å². The molecule has 2 aromatic rings. The average molecular weight is 533 g/mol. The van der Waals surface area contributed by atoms with Crippen LogP contribution in [0.1, 0.15) is 69.2 Å². The van der Waals surface area contributed by atoms with Crippen LogP contribution in [-0.2, 0) is 30.8 Å². The normalized spacial score (nSPS) is 20.8. The number of carboxylic acid groups (broad SMARTS) is 1. The third-order valence-electron chi connectivity index (χ3n) is 6.76. The molecular formula is C27H36N2O7S. The summed E-state index contributed by atoms with van der Waals surface area (Å²) in [7, 11) is -2.09. The lowest BCUT2D eigenvalue weighted by Crippen LogP contribution is -2.50. The molecule has 0 fully saturated rings. The summed E-state index contributed by atoms with van der Waals surface area (Å²) in [6.07, 6.45) is 3.61. The van der Waals surface area contributed by atoms with E-state index in [2.05, 4.69) is 17.6 Å². The van der Waals surface area contributed by atoms with Gasteiger partial charge in [-0.15, -0.1) is 0 Å². The van der Waals surface area contributed by atoms with Gasteiger partial charge in [-0.1, -0.05) is 57.0 Å². The number of carbonyl (C=O) groups is 1. The van der Waals surface area contributed by atoms with Gasteiger partial charge < -0.3 is 15.2 Å². The summed E-state index contributed by atoms with van der Waals surface area (Å²) >= 11 is 0. The molecule has 0 saturated carbocycles. The number of carboxylic acids is 1. The summed E-state index contributed by atoms with van der Waals surface area (Å²) < 4.78 is 33.3. The van der Waals surface area contributed by atoms with E-state index in [9.17, 15) is 18.3 Å². The molecule has 3 rings (SSSR count). The second-order valence-electron chi connectivity index (χ2n) is 9.21. The molecule has 0 bridgehead atoms. The molecule has 0 amide bonds. The number of hydrogen-bond donors (Lipinski definition) is 3. The van der Waals surface area contributed by atoms with E-state index in [1.165, 1.54) is 0 Å². The van der Waals surface area contributed by atoms with Crippen molar-refractivity contribution in [2.24, 2.45) is 0 Å². The Bertz CT molecular complexity index is 1190. The first-order chi connectivity index (χ1) is 17.6. The van der Waals surface area contributed by atoms with Crippen LogP contribution in [0.25, 0.3) is 0 Å². The van der Waals surface area contributed by atoms with Gasteiger partial charge in [0.2, 0.25) is 0 Å². The second-order valence-corrected chi connectivity index (χ2v) is 11.2. The zero-order valence-corrected chi connectivity index (χ0v) is 22.6. The van der Waals surface area contributed by atoms with Crippen molar-refractivity contribution >= 4 is 22.0 Å². The highest BCUT2D eigenvalue weighted by molar-refractivity contribution is 7.91. The maximum atomic E-state index is 13.8. The van der Waals surface area contributed by atoms with E-state index >= 15 is 0 Å². The summed E-state index contributed by atoms with van der Waals surface area (Å²) in [5.41, 5.74) is 1.70. The molecule has 2 aromatic carbocycles. The largest absolute Gasteiger partial charge is 0.496 e. The quantitative estimate of drug-likeness (QED) is 0.420. The number of benzene rings is 2. The fraction of sp³-hybridized carbons (Fsp3) is 0.481. The van der Waals surface area contributed by atoms with Gasteiger partial charge in [-0.25, -0.2) is 8.42 Å². The van der Waals surface area contributed by atoms with E-state index in [1.807, 2.05) is 37.3 Å². The molecule has 0 aliphatic carbocycles. The van der Waals surface area contributed by atoms with Crippen molar-refractivity contribution < 1.29 is 32.6 Å². The molecule has 0 spiro atoms. The van der Waals surface area contributed by atoms with Gasteiger partial charge in [0.05, 0.1) is 23.8 Å². The van der Waals surface area contributed by atoms with Gasteiger partial charge in [0.25, 0.3) is 0 Å². The van der Waals surface area contributed by atoms with Crippen LogP contribution in [0.2, 0.25) is 0 Å². The van der Waals surface area contributed by atoms with Crippen LogP contribution in [-0.4, -0.2) is 50.1 Å². The van der Waals surface area contributed by atoms with Gasteiger partial charge in [0, 0.05) is 17.6 Å². The molecule has 202 valence electrons. The fourth-order valence-corrected chi connectivity index (χ4v) is 6.78. The van der Waals surface area contributed by atoms with E-state index < -0.39 is 27.4 Å². The molecule has 1 heterocycles. The number of nitrogens with one attached hydrogen (secondary N) is 2. The van der Waals surface area contributed by atoms with Crippen molar-refractivity contribution in [1.29, 1.82) is 0 Å². The monoisotopic (exact) mass is 532 g/mol. The predicted octanol–water partition coefficient (Wildman–Crippen LogP) is 3.48. The lowest BCUT2D eigenvalue weighted by atomic mass is 9.88. The number of methoxy groups -OCH3 is 1. The smallest absolute Gasteiger partial charge is 0.373 e. The first-order valence-corrected chi connectivity index (χ1v) is 13.9. The Morgan fingerprint density at radius 2 is 1.89 bits per heavy atom. The van der Waals surface area contributed by atoms with Gasteiger partial charge in [0.1, 0.15) is 11.8 Å². The minimum Gasteiger partial charge on any atom is -0.496 e. The Kier molecular flexibility index (Phi) is 11.0. The number of fused-ring (bicyclic) bond motifs is 1. The van der Waals surface area contributed by atoms with Crippen LogP contribution in [0, 0.1) is 0 Å². The topological polar surface area (TPSA) is 139 Å². The lowest BCUT2D eigenvalue weighted by Gasteiger charge is -2.36. The third kappa shape index (κ3) is 7.49. The maximum absolute atomic E-state index is 13.8. The molecule has 1 aliphatic heterocycles. The van der Waals surface area contributed by atoms with Crippen molar-refractivity contribution in [3.05, 3.63) is 59.2 Å². The van der Waals surface area contributed by atoms with Gasteiger partial charge in [-0.05, 0) is 43.0 Å². The Morgan fingerprint density at radius 1 is 1.24 bits per heavy atom. The van der Waals surface area contributed by atoms with E-state index in [-0.39, 0.29) is 29.4 Å². The van der Waals surface area contributed by atoms with Crippen LogP contribution >= 0.6 is 0 Å². The number of rotatable bonds is 10. The van der Waals surface area contributed by atoms with Crippen LogP contribution in [0.5, 0.6) is 5.75 Å². The number of unbranched alkanes of at least 4 members (excludes halogenated alkanes) is 1. The van der Waals surface area contributed by atoms with Crippen molar-refractivity contribution in [3.8, 4) is 5.75 Å². The minimum absolute atomic E-state index is 0.0115. The van der Waals surface area contributed by atoms with Crippen molar-refractivity contribution in [2.75, 3.05) is 12.9 Å². The van der Waals surface area contributed by atoms with Crippen LogP contribution in [0.15, 0.2) is 47.4 Å². The Labute approximate surface area is 218 Å². The molecular weight excluding hydrogens is 496 g/mol. The third-order valence-corrected chi connectivity index (χ3v) is 8.72. The first kappa shape index (κ1) is 30.2. The Balaban J connectivity index is 0.00000153. The molecule has 0 radical (unpaired) electrons. The first-order valence-electron chi connectivity index (χ1n) is 12.3. The minimum atomic E-state index is -3.63. The molecule has 1 aliphatic rings. The van der Waals surface area contributed by atoms with E-state index in [0.717, 1.165) is 24.8 Å². The van der Waals surface area contributed by atoms with Crippen molar-refractivity contribution in [2.45, 2.75) is 75.5 Å². The number of carbonyl (C=O) groups excluding carboxylic acids is 2. The highest BCUT2D eigenvalue weighted by Gasteiger charge is 2.42. The Hall–Kier alpha value is -3.04. The number of sulfone groups is 1. The fourth-order valence-electron chi connectivity index (χ4n) is 4.61. The zero-order valence-electron chi connectivity index (χ0n) is 21.7. The van der Waals surface area contributed by atoms with E-state index in [4.69, 9.17) is 14.3 Å². The van der Waals surface area contributed by atoms with Crippen LogP contribution in [0.3, 0.4) is 0 Å². The zero-order chi connectivity index (χ0) is 27.6. The standard InChI is InChI=1S/C26H36N2O5S.CO2/c1-5-7-13-26(6-2)17-34(31,32)23-14-20(16-27-18(3)25(29)30)22(33-4)15-21(23)24(28-26)19-11-9-8-10-12-19;2-1-3/h8-12,14-15,18,24,27-28H,5-7,13,16-17H2,1-4H3,(H,29,30);/t18-,24+,26+;/m0./s1. The summed E-state index contributed by atoms with van der Waals surface area (Å²) in [5, 5.41) is 15.9. The molecule has 0 aromatic heterocycles. The molecule has 37 heavy (non-hydrogen) atoms.